The number of ether oxygens (including phenoxy) is 12. The van der Waals surface area contributed by atoms with Crippen LogP contribution in [-0.4, -0.2) is 143 Å². The fourth-order valence-corrected chi connectivity index (χ4v) is 25.7. The van der Waals surface area contributed by atoms with Crippen LogP contribution >= 0.6 is 0 Å². The maximum Gasteiger partial charge on any atom is 0.350 e. The van der Waals surface area contributed by atoms with Crippen molar-refractivity contribution in [3.8, 4) is 0 Å². The van der Waals surface area contributed by atoms with E-state index in [9.17, 15) is 57.5 Å². The molecule has 0 aromatic heterocycles. The van der Waals surface area contributed by atoms with Crippen LogP contribution in [0.15, 0.2) is 0 Å². The highest BCUT2D eigenvalue weighted by molar-refractivity contribution is 5.86. The van der Waals surface area contributed by atoms with Crippen LogP contribution in [0.2, 0.25) is 0 Å². The number of carbonyl (C=O) groups excluding carboxylic acids is 12. The average Bonchev–Trinajstić information content (AvgIpc) is 1.53. The molecule has 0 heterocycles. The van der Waals surface area contributed by atoms with Gasteiger partial charge in [-0.3, -0.25) is 28.8 Å². The molecule has 0 aromatic rings. The number of carbonyl (C=O) groups is 12. The summed E-state index contributed by atoms with van der Waals surface area (Å²) in [6.45, 7) is 49.9. The third-order valence-electron chi connectivity index (χ3n) is 37.2. The second-order valence-corrected chi connectivity index (χ2v) is 49.2. The van der Waals surface area contributed by atoms with Crippen molar-refractivity contribution in [1.29, 1.82) is 0 Å². The molecule has 0 aromatic carbocycles. The predicted octanol–water partition coefficient (Wildman–Crippen LogP) is 23.3. The molecule has 24 nitrogen and oxygen atoms in total. The number of hydrogen-bond donors (Lipinski definition) is 0. The highest BCUT2D eigenvalue weighted by atomic mass is 16.6. The van der Waals surface area contributed by atoms with Crippen LogP contribution in [0, 0.1) is 127 Å². The van der Waals surface area contributed by atoms with Gasteiger partial charge < -0.3 is 56.8 Å². The van der Waals surface area contributed by atoms with Gasteiger partial charge in [-0.2, -0.15) is 0 Å². The van der Waals surface area contributed by atoms with E-state index in [0.29, 0.717) is 80.0 Å². The highest BCUT2D eigenvalue weighted by Crippen LogP contribution is 2.71. The monoisotopic (exact) mass is 1900 g/mol. The van der Waals surface area contributed by atoms with Crippen LogP contribution in [0.4, 0.5) is 0 Å². The van der Waals surface area contributed by atoms with Crippen molar-refractivity contribution >= 4 is 71.6 Å². The Bertz CT molecular complexity index is 4010. The van der Waals surface area contributed by atoms with Crippen LogP contribution in [0.25, 0.3) is 0 Å². The summed E-state index contributed by atoms with van der Waals surface area (Å²) in [5, 5.41) is 0. The average molecular weight is 1900 g/mol. The van der Waals surface area contributed by atoms with Gasteiger partial charge in [-0.05, 0) is 445 Å². The second-order valence-electron chi connectivity index (χ2n) is 49.2. The molecule has 16 aliphatic carbocycles. The van der Waals surface area contributed by atoms with Gasteiger partial charge in [-0.15, -0.1) is 0 Å². The van der Waals surface area contributed by atoms with E-state index in [1.165, 1.54) is 116 Å². The zero-order valence-corrected chi connectivity index (χ0v) is 88.8. The van der Waals surface area contributed by atoms with Crippen molar-refractivity contribution < 1.29 is 114 Å². The van der Waals surface area contributed by atoms with Gasteiger partial charge in [0.05, 0.1) is 32.5 Å². The fraction of sp³-hybridized carbons (Fsp3) is 0.892. The molecule has 16 saturated carbocycles. The van der Waals surface area contributed by atoms with Crippen molar-refractivity contribution in [2.45, 2.75) is 476 Å². The molecule has 16 rings (SSSR count). The molecule has 135 heavy (non-hydrogen) atoms. The van der Waals surface area contributed by atoms with Gasteiger partial charge in [0.15, 0.2) is 32.5 Å². The van der Waals surface area contributed by atoms with E-state index in [2.05, 4.69) is 27.7 Å². The van der Waals surface area contributed by atoms with E-state index < -0.39 is 73.7 Å². The predicted molar refractivity (Wildman–Crippen MR) is 515 cm³/mol. The molecule has 0 amide bonds. The summed E-state index contributed by atoms with van der Waals surface area (Å²) in [7, 11) is 0. The van der Waals surface area contributed by atoms with Crippen molar-refractivity contribution in [3.05, 3.63) is 0 Å². The van der Waals surface area contributed by atoms with Crippen molar-refractivity contribution in [3.63, 3.8) is 0 Å². The lowest BCUT2D eigenvalue weighted by molar-refractivity contribution is -0.221. The first-order valence-corrected chi connectivity index (χ1v) is 53.4. The normalized spacial score (nSPS) is 32.2. The molecule has 770 valence electrons. The number of fused-ring (bicyclic) bond motifs is 11. The lowest BCUT2D eigenvalue weighted by atomic mass is 9.50. The molecule has 0 saturated heterocycles. The topological polar surface area (TPSA) is 316 Å². The first kappa shape index (κ1) is 112. The SMILES string of the molecule is CCC(C)(C)C(=O)OC(C)(C)C(=O)OC1(C)C2CC3CC(C2)CC1C3.CCC(C)(C)C(=O)OC(C)C(=O)OC1(C)C2CC3CC(C2)CC1C3.CCC(C)(C)C(=O)OCC(=O)OC1(C)CCCCC1.CCC(C)(C)C(=O)OCC(=O)OC1(CC)CC2CC1C1C3CCC(C3)C21.CCC(C)(C)C(=O)OCC(=O)OC1(CC)CC2CCC1C2.CCC1(OC(=O)COC(=O)C(C)(C)CC)CCCCC1. The van der Waals surface area contributed by atoms with Gasteiger partial charge in [0, 0.05) is 5.92 Å². The van der Waals surface area contributed by atoms with Crippen molar-refractivity contribution in [2.75, 3.05) is 26.4 Å². The molecule has 16 aliphatic rings. The standard InChI is InChI=1S/C22H34O4.C21H34O4.C20H32O4.C17H28O4.C16H28O4.C15H26O4/c1-5-21(3,4)20(24)25-12-17(23)26-22(6-2)11-15-10-16(22)19-14-8-7-13(9-14)18(15)19;1-7-19(2,3)17(22)24-20(4,5)18(23)25-21(6)15-9-13-8-14(11-15)12-16(21)10-13;1-6-19(3,4)18(22)23-12(2)17(21)24-20(5)15-8-13-7-14(10-15)11-16(20)9-13;1-5-16(3,4)15(19)20-11-14(18)21-17(6-2)10-12-7-8-13(17)9-12;1-5-15(3,4)14(18)19-12-13(17)20-16(6-2)10-8-7-9-11-16;1-5-14(2,3)13(17)18-11-12(16)19-15(4)9-7-6-8-10-15/h13-16,18-19H,5-12H2,1-4H3;13-16H,7-12H2,1-6H3;12-16H,6-11H2,1-5H3;12-13H,5-11H2,1-4H3;5-12H2,1-4H3;5-11H2,1-4H3. The van der Waals surface area contributed by atoms with Gasteiger partial charge in [0.25, 0.3) is 0 Å². The lowest BCUT2D eigenvalue weighted by Gasteiger charge is -2.59. The Morgan fingerprint density at radius 1 is 0.311 bits per heavy atom. The van der Waals surface area contributed by atoms with E-state index in [1.807, 2.05) is 138 Å². The molecule has 24 heteroatoms. The number of rotatable bonds is 33. The molecular weight excluding hydrogens is 1720 g/mol. The lowest BCUT2D eigenvalue weighted by Crippen LogP contribution is -2.59. The number of hydrogen-bond acceptors (Lipinski definition) is 24. The van der Waals surface area contributed by atoms with E-state index in [0.717, 1.165) is 143 Å². The van der Waals surface area contributed by atoms with Crippen LogP contribution in [0.1, 0.15) is 431 Å². The molecular formula is C111H182O24. The molecule has 0 aliphatic heterocycles. The molecule has 0 N–H and O–H groups in total. The zero-order chi connectivity index (χ0) is 100. The van der Waals surface area contributed by atoms with Gasteiger partial charge in [-0.1, -0.05) is 75.2 Å². The van der Waals surface area contributed by atoms with E-state index in [-0.39, 0.29) is 102 Å². The van der Waals surface area contributed by atoms with E-state index in [1.54, 1.807) is 20.8 Å². The summed E-state index contributed by atoms with van der Waals surface area (Å²) in [5.74, 6) is 6.78. The Balaban J connectivity index is 0.000000183. The number of esters is 12. The maximum absolute atomic E-state index is 12.9. The first-order valence-electron chi connectivity index (χ1n) is 53.4. The van der Waals surface area contributed by atoms with Crippen LogP contribution in [0.5, 0.6) is 0 Å². The summed E-state index contributed by atoms with van der Waals surface area (Å²) < 4.78 is 66.5. The zero-order valence-electron chi connectivity index (χ0n) is 88.8. The molecule has 11 unspecified atom stereocenters. The van der Waals surface area contributed by atoms with Crippen LogP contribution < -0.4 is 0 Å². The van der Waals surface area contributed by atoms with E-state index in [4.69, 9.17) is 56.8 Å². The summed E-state index contributed by atoms with van der Waals surface area (Å²) in [6.07, 6.45) is 39.5. The molecule has 16 fully saturated rings. The maximum atomic E-state index is 12.9. The Labute approximate surface area is 811 Å². The Morgan fingerprint density at radius 3 is 1.04 bits per heavy atom. The van der Waals surface area contributed by atoms with Gasteiger partial charge in [-0.25, -0.2) is 28.8 Å². The molecule has 11 atom stereocenters. The third-order valence-corrected chi connectivity index (χ3v) is 37.2. The summed E-state index contributed by atoms with van der Waals surface area (Å²) in [6, 6.07) is 0. The van der Waals surface area contributed by atoms with Gasteiger partial charge >= 0.3 is 71.6 Å². The molecule has 0 spiro atoms. The first-order chi connectivity index (χ1) is 62.9. The quantitative estimate of drug-likeness (QED) is 0.0335. The van der Waals surface area contributed by atoms with Crippen LogP contribution in [0.3, 0.4) is 0 Å². The highest BCUT2D eigenvalue weighted by Gasteiger charge is 2.68. The molecule has 14 bridgehead atoms. The summed E-state index contributed by atoms with van der Waals surface area (Å²) in [4.78, 5) is 146. The summed E-state index contributed by atoms with van der Waals surface area (Å²) >= 11 is 0. The minimum absolute atomic E-state index is 0.248. The third kappa shape index (κ3) is 26.9. The van der Waals surface area contributed by atoms with Gasteiger partial charge in [0.2, 0.25) is 5.60 Å². The van der Waals surface area contributed by atoms with Crippen molar-refractivity contribution in [2.24, 2.45) is 127 Å². The minimum atomic E-state index is -1.25. The Morgan fingerprint density at radius 2 is 0.667 bits per heavy atom. The summed E-state index contributed by atoms with van der Waals surface area (Å²) in [5.41, 5.74) is -6.67. The smallest absolute Gasteiger partial charge is 0.350 e. The fourth-order valence-electron chi connectivity index (χ4n) is 25.7. The largest absolute Gasteiger partial charge is 0.457 e. The van der Waals surface area contributed by atoms with Gasteiger partial charge in [0.1, 0.15) is 33.6 Å². The molecule has 0 radical (unpaired) electrons. The Hall–Kier alpha value is -6.36. The van der Waals surface area contributed by atoms with Crippen LogP contribution in [-0.2, 0) is 114 Å². The Kier molecular flexibility index (Phi) is 37.6. The van der Waals surface area contributed by atoms with Crippen molar-refractivity contribution in [1.82, 2.24) is 0 Å². The van der Waals surface area contributed by atoms with E-state index >= 15 is 0 Å². The second kappa shape index (κ2) is 45.3. The minimum Gasteiger partial charge on any atom is -0.457 e.